The number of amides is 1. The number of hydrogen-bond acceptors (Lipinski definition) is 4. The zero-order valence-corrected chi connectivity index (χ0v) is 26.5. The van der Waals surface area contributed by atoms with Crippen LogP contribution in [0.1, 0.15) is 40.8 Å². The highest BCUT2D eigenvalue weighted by Crippen LogP contribution is 2.45. The lowest BCUT2D eigenvalue weighted by Crippen LogP contribution is -2.38. The largest absolute Gasteiger partial charge is 0.344 e. The molecule has 1 atom stereocenters. The molecule has 8 rings (SSSR count). The van der Waals surface area contributed by atoms with Gasteiger partial charge in [-0.3, -0.25) is 9.78 Å². The monoisotopic (exact) mass is 623 g/mol. The van der Waals surface area contributed by atoms with Crippen molar-refractivity contribution in [3.8, 4) is 11.3 Å². The third-order valence-corrected chi connectivity index (χ3v) is 9.25. The van der Waals surface area contributed by atoms with Crippen molar-refractivity contribution in [2.24, 2.45) is 4.99 Å². The maximum Gasteiger partial charge on any atom is 0.266 e. The smallest absolute Gasteiger partial charge is 0.266 e. The molecule has 0 fully saturated rings. The molecule has 1 aliphatic heterocycles. The minimum Gasteiger partial charge on any atom is -0.344 e. The first-order valence-electron chi connectivity index (χ1n) is 16.2. The molecule has 6 nitrogen and oxygen atoms in total. The number of hydrogen-bond donors (Lipinski definition) is 1. The molecular formula is C42H33N5O. The molecular weight excluding hydrogens is 590 g/mol. The predicted octanol–water partition coefficient (Wildman–Crippen LogP) is 8.44. The van der Waals surface area contributed by atoms with Crippen LogP contribution in [0.5, 0.6) is 0 Å². The van der Waals surface area contributed by atoms with Gasteiger partial charge in [0.05, 0.1) is 17.2 Å². The van der Waals surface area contributed by atoms with Crippen LogP contribution in [0.3, 0.4) is 0 Å². The average molecular weight is 624 g/mol. The zero-order chi connectivity index (χ0) is 32.5. The van der Waals surface area contributed by atoms with E-state index < -0.39 is 5.54 Å². The fourth-order valence-electron chi connectivity index (χ4n) is 6.92. The lowest BCUT2D eigenvalue weighted by Gasteiger charge is -2.37. The lowest BCUT2D eigenvalue weighted by atomic mass is 9.77. The van der Waals surface area contributed by atoms with Gasteiger partial charge in [0.15, 0.2) is 0 Å². The van der Waals surface area contributed by atoms with E-state index in [1.165, 1.54) is 0 Å². The molecule has 0 spiro atoms. The fraction of sp³-hybridized carbons (Fsp3) is 0.0952. The molecule has 232 valence electrons. The molecule has 2 aromatic heterocycles. The van der Waals surface area contributed by atoms with Crippen molar-refractivity contribution < 1.29 is 4.79 Å². The molecule has 1 N–H and O–H groups in total. The minimum atomic E-state index is -0.813. The molecule has 0 radical (unpaired) electrons. The highest BCUT2D eigenvalue weighted by Gasteiger charge is 2.41. The Labute approximate surface area is 279 Å². The van der Waals surface area contributed by atoms with Gasteiger partial charge in [0.2, 0.25) is 0 Å². The van der Waals surface area contributed by atoms with E-state index in [2.05, 4.69) is 99.9 Å². The van der Waals surface area contributed by atoms with Crippen molar-refractivity contribution in [2.45, 2.75) is 24.9 Å². The summed E-state index contributed by atoms with van der Waals surface area (Å²) in [5.74, 6) is -0.158. The number of rotatable bonds is 8. The number of carbonyl (C=O) groups is 1. The Kier molecular flexibility index (Phi) is 7.46. The van der Waals surface area contributed by atoms with Crippen molar-refractivity contribution in [3.63, 3.8) is 0 Å². The van der Waals surface area contributed by atoms with Crippen molar-refractivity contribution in [1.82, 2.24) is 20.1 Å². The second kappa shape index (κ2) is 12.2. The summed E-state index contributed by atoms with van der Waals surface area (Å²) in [5, 5.41) is 9.60. The molecule has 6 heteroatoms. The van der Waals surface area contributed by atoms with Crippen LogP contribution in [-0.2, 0) is 16.8 Å². The van der Waals surface area contributed by atoms with E-state index >= 15 is 0 Å². The Bertz CT molecular complexity index is 2150. The first-order valence-corrected chi connectivity index (χ1v) is 16.2. The van der Waals surface area contributed by atoms with Gasteiger partial charge in [0.25, 0.3) is 5.91 Å². The number of nitrogens with zero attached hydrogens (tertiary/aromatic N) is 4. The van der Waals surface area contributed by atoms with Gasteiger partial charge >= 0.3 is 0 Å². The van der Waals surface area contributed by atoms with Crippen LogP contribution >= 0.6 is 0 Å². The molecule has 0 bridgehead atoms. The average Bonchev–Trinajstić information content (AvgIpc) is 3.75. The first-order chi connectivity index (χ1) is 23.6. The number of fused-ring (bicyclic) bond motifs is 2. The number of carbonyl (C=O) groups excluding carboxylic acids is 1. The molecule has 0 saturated heterocycles. The van der Waals surface area contributed by atoms with Gasteiger partial charge in [-0.15, -0.1) is 0 Å². The Morgan fingerprint density at radius 1 is 0.729 bits per heavy atom. The lowest BCUT2D eigenvalue weighted by molar-refractivity contribution is -0.115. The second-order valence-electron chi connectivity index (χ2n) is 12.1. The predicted molar refractivity (Wildman–Crippen MR) is 191 cm³/mol. The van der Waals surface area contributed by atoms with E-state index in [9.17, 15) is 4.79 Å². The van der Waals surface area contributed by atoms with Crippen LogP contribution in [0.2, 0.25) is 0 Å². The van der Waals surface area contributed by atoms with Crippen molar-refractivity contribution in [2.75, 3.05) is 0 Å². The standard InChI is InChI=1S/C42H33N5O/c1-29(30-14-6-2-7-15-30)44-41(48)38-26-32-27-39-36(28-37(32)45-38)40(31-22-24-43-25-23-31)46-47(39)42(33-16-8-3-9-17-33,34-18-10-4-11-19-34)35-20-12-5-13-21-35/h2-25,27-29H,26H2,1H3,(H,44,48). The second-order valence-corrected chi connectivity index (χ2v) is 12.1. The quantitative estimate of drug-likeness (QED) is 0.173. The molecule has 0 aliphatic carbocycles. The molecule has 3 heterocycles. The van der Waals surface area contributed by atoms with Crippen LogP contribution in [0.25, 0.3) is 22.2 Å². The number of pyridine rings is 1. The van der Waals surface area contributed by atoms with E-state index in [1.807, 2.05) is 67.6 Å². The van der Waals surface area contributed by atoms with Gasteiger partial charge in [-0.2, -0.15) is 5.10 Å². The van der Waals surface area contributed by atoms with Gasteiger partial charge in [-0.25, -0.2) is 9.67 Å². The number of nitrogens with one attached hydrogen (secondary N) is 1. The molecule has 5 aromatic carbocycles. The Morgan fingerprint density at radius 3 is 1.83 bits per heavy atom. The van der Waals surface area contributed by atoms with Gasteiger partial charge in [0, 0.05) is 29.8 Å². The topological polar surface area (TPSA) is 72.2 Å². The van der Waals surface area contributed by atoms with Crippen LogP contribution in [0.15, 0.2) is 163 Å². The number of aromatic nitrogens is 3. The molecule has 1 aliphatic rings. The van der Waals surface area contributed by atoms with Crippen LogP contribution < -0.4 is 5.32 Å². The van der Waals surface area contributed by atoms with Gasteiger partial charge in [0.1, 0.15) is 16.9 Å². The summed E-state index contributed by atoms with van der Waals surface area (Å²) in [4.78, 5) is 22.7. The summed E-state index contributed by atoms with van der Waals surface area (Å²) in [6, 6.07) is 49.8. The summed E-state index contributed by atoms with van der Waals surface area (Å²) in [6.45, 7) is 2.00. The summed E-state index contributed by atoms with van der Waals surface area (Å²) >= 11 is 0. The third-order valence-electron chi connectivity index (χ3n) is 9.25. The number of benzene rings is 5. The van der Waals surface area contributed by atoms with E-state index in [0.29, 0.717) is 12.1 Å². The Hall–Kier alpha value is -6.14. The highest BCUT2D eigenvalue weighted by molar-refractivity contribution is 6.41. The normalized spacial score (nSPS) is 13.1. The van der Waals surface area contributed by atoms with Crippen molar-refractivity contribution in [1.29, 1.82) is 0 Å². The van der Waals surface area contributed by atoms with E-state index in [-0.39, 0.29) is 11.9 Å². The van der Waals surface area contributed by atoms with Gasteiger partial charge < -0.3 is 5.32 Å². The minimum absolute atomic E-state index is 0.140. The first kappa shape index (κ1) is 29.3. The van der Waals surface area contributed by atoms with Crippen molar-refractivity contribution >= 4 is 28.2 Å². The molecule has 1 unspecified atom stereocenters. The molecule has 1 amide bonds. The molecule has 48 heavy (non-hydrogen) atoms. The van der Waals surface area contributed by atoms with Crippen LogP contribution in [0.4, 0.5) is 5.69 Å². The summed E-state index contributed by atoms with van der Waals surface area (Å²) in [7, 11) is 0. The summed E-state index contributed by atoms with van der Waals surface area (Å²) in [6.07, 6.45) is 4.02. The van der Waals surface area contributed by atoms with E-state index in [0.717, 1.165) is 55.7 Å². The maximum absolute atomic E-state index is 13.5. The SMILES string of the molecule is CC(NC(=O)C1=Nc2cc3c(-c4ccncc4)nn(C(c4ccccc4)(c4ccccc4)c4ccccc4)c3cc2C1)c1ccccc1. The Morgan fingerprint density at radius 2 is 1.27 bits per heavy atom. The maximum atomic E-state index is 13.5. The van der Waals surface area contributed by atoms with Gasteiger partial charge in [-0.05, 0) is 59.0 Å². The number of aliphatic imine (C=N–C) groups is 1. The fourth-order valence-corrected chi connectivity index (χ4v) is 6.92. The zero-order valence-electron chi connectivity index (χ0n) is 26.5. The van der Waals surface area contributed by atoms with E-state index in [4.69, 9.17) is 10.1 Å². The van der Waals surface area contributed by atoms with Crippen LogP contribution in [-0.4, -0.2) is 26.4 Å². The van der Waals surface area contributed by atoms with Crippen molar-refractivity contribution in [3.05, 3.63) is 186 Å². The van der Waals surface area contributed by atoms with Gasteiger partial charge in [-0.1, -0.05) is 121 Å². The highest BCUT2D eigenvalue weighted by atomic mass is 16.2. The van der Waals surface area contributed by atoms with E-state index in [1.54, 1.807) is 12.4 Å². The molecule has 7 aromatic rings. The van der Waals surface area contributed by atoms with Crippen LogP contribution in [0, 0.1) is 0 Å². The summed E-state index contributed by atoms with van der Waals surface area (Å²) in [5.41, 5.74) is 8.50. The Balaban J connectivity index is 1.34. The summed E-state index contributed by atoms with van der Waals surface area (Å²) < 4.78 is 2.17. The third kappa shape index (κ3) is 4.99. The molecule has 0 saturated carbocycles.